The summed E-state index contributed by atoms with van der Waals surface area (Å²) in [5, 5.41) is 9.54. The number of allylic oxidation sites excluding steroid dienone is 1. The van der Waals surface area contributed by atoms with Crippen LogP contribution in [0.2, 0.25) is 0 Å². The summed E-state index contributed by atoms with van der Waals surface area (Å²) in [7, 11) is 0. The molecule has 1 aromatic carbocycles. The summed E-state index contributed by atoms with van der Waals surface area (Å²) in [6, 6.07) is 7.13. The quantitative estimate of drug-likeness (QED) is 0.664. The molecular weight excluding hydrogens is 244 g/mol. The lowest BCUT2D eigenvalue weighted by Gasteiger charge is -1.99. The summed E-state index contributed by atoms with van der Waals surface area (Å²) in [4.78, 5) is 11.0. The average molecular weight is 255 g/mol. The zero-order valence-electron chi connectivity index (χ0n) is 7.83. The van der Waals surface area contributed by atoms with Crippen LogP contribution in [0.3, 0.4) is 0 Å². The standard InChI is InChI=1S/C11H11BrO2/c1-2-10(13)7-11(14)8-3-5-9(12)6-4-8/h3-7,14H,2H2,1H3. The summed E-state index contributed by atoms with van der Waals surface area (Å²) >= 11 is 3.29. The lowest BCUT2D eigenvalue weighted by molar-refractivity contribution is -0.114. The first kappa shape index (κ1) is 11.0. The van der Waals surface area contributed by atoms with Crippen LogP contribution in [0, 0.1) is 0 Å². The Morgan fingerprint density at radius 2 is 2.00 bits per heavy atom. The number of aliphatic hydroxyl groups excluding tert-OH is 1. The van der Waals surface area contributed by atoms with Crippen LogP contribution in [0.1, 0.15) is 18.9 Å². The van der Waals surface area contributed by atoms with Gasteiger partial charge in [0.15, 0.2) is 5.78 Å². The van der Waals surface area contributed by atoms with Gasteiger partial charge in [0.1, 0.15) is 5.76 Å². The minimum absolute atomic E-state index is 0.0179. The molecule has 2 nitrogen and oxygen atoms in total. The maximum atomic E-state index is 11.0. The maximum absolute atomic E-state index is 11.0. The Labute approximate surface area is 91.4 Å². The van der Waals surface area contributed by atoms with Crippen LogP contribution < -0.4 is 0 Å². The van der Waals surface area contributed by atoms with Gasteiger partial charge in [-0.05, 0) is 12.1 Å². The fourth-order valence-electron chi connectivity index (χ4n) is 0.959. The second-order valence-electron chi connectivity index (χ2n) is 2.86. The van der Waals surface area contributed by atoms with E-state index in [0.717, 1.165) is 4.47 Å². The van der Waals surface area contributed by atoms with Gasteiger partial charge in [-0.15, -0.1) is 0 Å². The lowest BCUT2D eigenvalue weighted by Crippen LogP contribution is -1.92. The molecule has 0 saturated heterocycles. The summed E-state index contributed by atoms with van der Waals surface area (Å²) in [6.07, 6.45) is 1.66. The van der Waals surface area contributed by atoms with E-state index in [1.54, 1.807) is 19.1 Å². The largest absolute Gasteiger partial charge is 0.507 e. The zero-order chi connectivity index (χ0) is 10.6. The molecule has 0 atom stereocenters. The summed E-state index contributed by atoms with van der Waals surface area (Å²) < 4.78 is 0.941. The molecule has 0 aliphatic carbocycles. The highest BCUT2D eigenvalue weighted by atomic mass is 79.9. The van der Waals surface area contributed by atoms with Crippen molar-refractivity contribution in [1.29, 1.82) is 0 Å². The Morgan fingerprint density at radius 3 is 2.50 bits per heavy atom. The molecule has 0 bridgehead atoms. The Bertz CT molecular complexity index is 352. The van der Waals surface area contributed by atoms with E-state index < -0.39 is 0 Å². The Morgan fingerprint density at radius 1 is 1.43 bits per heavy atom. The molecule has 3 heteroatoms. The van der Waals surface area contributed by atoms with Crippen molar-refractivity contribution in [2.45, 2.75) is 13.3 Å². The van der Waals surface area contributed by atoms with E-state index >= 15 is 0 Å². The lowest BCUT2D eigenvalue weighted by atomic mass is 10.1. The molecule has 0 saturated carbocycles. The third-order valence-electron chi connectivity index (χ3n) is 1.79. The first-order chi connectivity index (χ1) is 6.63. The van der Waals surface area contributed by atoms with Crippen LogP contribution in [0.5, 0.6) is 0 Å². The van der Waals surface area contributed by atoms with Crippen molar-refractivity contribution >= 4 is 27.5 Å². The van der Waals surface area contributed by atoms with Gasteiger partial charge in [0.25, 0.3) is 0 Å². The molecule has 74 valence electrons. The van der Waals surface area contributed by atoms with Gasteiger partial charge < -0.3 is 5.11 Å². The molecule has 0 heterocycles. The SMILES string of the molecule is CCC(=O)C=C(O)c1ccc(Br)cc1. The van der Waals surface area contributed by atoms with Crippen LogP contribution >= 0.6 is 15.9 Å². The van der Waals surface area contributed by atoms with E-state index in [1.165, 1.54) is 6.08 Å². The van der Waals surface area contributed by atoms with Crippen molar-refractivity contribution in [1.82, 2.24) is 0 Å². The number of hydrogen-bond donors (Lipinski definition) is 1. The van der Waals surface area contributed by atoms with E-state index in [2.05, 4.69) is 15.9 Å². The Hall–Kier alpha value is -1.09. The van der Waals surface area contributed by atoms with E-state index in [0.29, 0.717) is 12.0 Å². The second kappa shape index (κ2) is 4.96. The summed E-state index contributed by atoms with van der Waals surface area (Å²) in [5.41, 5.74) is 0.648. The molecule has 1 N–H and O–H groups in total. The predicted octanol–water partition coefficient (Wildman–Crippen LogP) is 3.33. The molecule has 1 rings (SSSR count). The summed E-state index contributed by atoms with van der Waals surface area (Å²) in [6.45, 7) is 1.76. The normalized spacial score (nSPS) is 11.4. The minimum atomic E-state index is -0.0783. The van der Waals surface area contributed by atoms with Gasteiger partial charge in [0.2, 0.25) is 0 Å². The van der Waals surface area contributed by atoms with Crippen LogP contribution in [0.25, 0.3) is 5.76 Å². The van der Waals surface area contributed by atoms with Gasteiger partial charge in [-0.3, -0.25) is 4.79 Å². The van der Waals surface area contributed by atoms with Gasteiger partial charge in [-0.2, -0.15) is 0 Å². The molecule has 0 aliphatic heterocycles. The summed E-state index contributed by atoms with van der Waals surface area (Å²) in [5.74, 6) is -0.0604. The molecular formula is C11H11BrO2. The number of carbonyl (C=O) groups is 1. The first-order valence-electron chi connectivity index (χ1n) is 4.33. The van der Waals surface area contributed by atoms with Crippen molar-refractivity contribution in [2.24, 2.45) is 0 Å². The topological polar surface area (TPSA) is 37.3 Å². The molecule has 0 aliphatic rings. The van der Waals surface area contributed by atoms with Gasteiger partial charge in [0, 0.05) is 22.5 Å². The molecule has 0 unspecified atom stereocenters. The number of hydrogen-bond acceptors (Lipinski definition) is 2. The molecule has 0 fully saturated rings. The number of aliphatic hydroxyl groups is 1. The average Bonchev–Trinajstić information content (AvgIpc) is 2.18. The minimum Gasteiger partial charge on any atom is -0.507 e. The zero-order valence-corrected chi connectivity index (χ0v) is 9.41. The molecule has 0 amide bonds. The highest BCUT2D eigenvalue weighted by molar-refractivity contribution is 9.10. The molecule has 0 spiro atoms. The van der Waals surface area contributed by atoms with Gasteiger partial charge in [-0.25, -0.2) is 0 Å². The van der Waals surface area contributed by atoms with Crippen molar-refractivity contribution < 1.29 is 9.90 Å². The second-order valence-corrected chi connectivity index (χ2v) is 3.77. The maximum Gasteiger partial charge on any atom is 0.159 e. The van der Waals surface area contributed by atoms with Crippen molar-refractivity contribution in [3.8, 4) is 0 Å². The fourth-order valence-corrected chi connectivity index (χ4v) is 1.22. The fraction of sp³-hybridized carbons (Fsp3) is 0.182. The molecule has 0 aromatic heterocycles. The van der Waals surface area contributed by atoms with Crippen LogP contribution in [-0.2, 0) is 4.79 Å². The van der Waals surface area contributed by atoms with Gasteiger partial charge >= 0.3 is 0 Å². The third kappa shape index (κ3) is 3.00. The monoisotopic (exact) mass is 254 g/mol. The van der Waals surface area contributed by atoms with Crippen LogP contribution in [-0.4, -0.2) is 10.9 Å². The van der Waals surface area contributed by atoms with Crippen LogP contribution in [0.15, 0.2) is 34.8 Å². The number of rotatable bonds is 3. The van der Waals surface area contributed by atoms with Crippen molar-refractivity contribution in [3.05, 3.63) is 40.4 Å². The molecule has 0 radical (unpaired) electrons. The third-order valence-corrected chi connectivity index (χ3v) is 2.31. The van der Waals surface area contributed by atoms with E-state index in [-0.39, 0.29) is 11.5 Å². The smallest absolute Gasteiger partial charge is 0.159 e. The van der Waals surface area contributed by atoms with Crippen molar-refractivity contribution in [3.63, 3.8) is 0 Å². The van der Waals surface area contributed by atoms with E-state index in [1.807, 2.05) is 12.1 Å². The van der Waals surface area contributed by atoms with Gasteiger partial charge in [0.05, 0.1) is 0 Å². The number of ketones is 1. The van der Waals surface area contributed by atoms with Gasteiger partial charge in [-0.1, -0.05) is 35.0 Å². The van der Waals surface area contributed by atoms with Crippen LogP contribution in [0.4, 0.5) is 0 Å². The highest BCUT2D eigenvalue weighted by Crippen LogP contribution is 2.15. The van der Waals surface area contributed by atoms with Crippen molar-refractivity contribution in [2.75, 3.05) is 0 Å². The number of carbonyl (C=O) groups excluding carboxylic acids is 1. The predicted molar refractivity (Wildman–Crippen MR) is 60.0 cm³/mol. The molecule has 14 heavy (non-hydrogen) atoms. The number of halogens is 1. The highest BCUT2D eigenvalue weighted by Gasteiger charge is 2.01. The Balaban J connectivity index is 2.89. The Kier molecular flexibility index (Phi) is 3.89. The van der Waals surface area contributed by atoms with E-state index in [9.17, 15) is 9.90 Å². The molecule has 1 aromatic rings. The first-order valence-corrected chi connectivity index (χ1v) is 5.12. The number of benzene rings is 1. The van der Waals surface area contributed by atoms with E-state index in [4.69, 9.17) is 0 Å².